The van der Waals surface area contributed by atoms with Crippen LogP contribution in [0.5, 0.6) is 5.88 Å². The fourth-order valence-corrected chi connectivity index (χ4v) is 4.13. The number of nitrogens with zero attached hydrogens (tertiary/aromatic N) is 3. The third-order valence-corrected chi connectivity index (χ3v) is 5.29. The molecule has 0 radical (unpaired) electrons. The van der Waals surface area contributed by atoms with Gasteiger partial charge in [0.2, 0.25) is 11.7 Å². The Hall–Kier alpha value is -3.19. The summed E-state index contributed by atoms with van der Waals surface area (Å²) in [5.74, 6) is 0.127. The molecule has 0 spiro atoms. The smallest absolute Gasteiger partial charge is 0.308 e. The molecule has 2 heterocycles. The fraction of sp³-hybridized carbons (Fsp3) is 0.190. The third-order valence-electron chi connectivity index (χ3n) is 4.34. The monoisotopic (exact) mass is 395 g/mol. The lowest BCUT2D eigenvalue weighted by molar-refractivity contribution is 0.103. The van der Waals surface area contributed by atoms with Gasteiger partial charge in [-0.25, -0.2) is 4.68 Å². The largest absolute Gasteiger partial charge is 0.481 e. The lowest BCUT2D eigenvalue weighted by atomic mass is 9.95. The number of carbonyl (C=O) groups is 1. The minimum absolute atomic E-state index is 0.0987. The van der Waals surface area contributed by atoms with Gasteiger partial charge >= 0.3 is 4.87 Å². The summed E-state index contributed by atoms with van der Waals surface area (Å²) < 4.78 is 9.39. The summed E-state index contributed by atoms with van der Waals surface area (Å²) in [6.45, 7) is 14.1. The molecule has 6 nitrogen and oxygen atoms in total. The molecule has 0 aliphatic rings. The number of benzene rings is 1. The number of ether oxygens (including phenoxy) is 1. The van der Waals surface area contributed by atoms with Crippen LogP contribution in [-0.2, 0) is 13.1 Å². The van der Waals surface area contributed by atoms with Gasteiger partial charge in [0.25, 0.3) is 0 Å². The average molecular weight is 395 g/mol. The molecule has 3 rings (SSSR count). The zero-order valence-electron chi connectivity index (χ0n) is 15.9. The number of aromatic nitrogens is 3. The van der Waals surface area contributed by atoms with Gasteiger partial charge in [0.1, 0.15) is 5.56 Å². The average Bonchev–Trinajstić information content (AvgIpc) is 3.21. The molecule has 0 amide bonds. The maximum absolute atomic E-state index is 13.4. The second-order valence-electron chi connectivity index (χ2n) is 6.25. The summed E-state index contributed by atoms with van der Waals surface area (Å²) in [6.07, 6.45) is 4.82. The quantitative estimate of drug-likeness (QED) is 0.429. The van der Waals surface area contributed by atoms with Crippen LogP contribution in [0.3, 0.4) is 0 Å². The summed E-state index contributed by atoms with van der Waals surface area (Å²) in [5, 5.41) is 4.22. The molecule has 7 heteroatoms. The van der Waals surface area contributed by atoms with E-state index in [0.717, 1.165) is 16.0 Å². The van der Waals surface area contributed by atoms with Gasteiger partial charge in [-0.15, -0.1) is 13.2 Å². The highest BCUT2D eigenvalue weighted by molar-refractivity contribution is 7.16. The van der Waals surface area contributed by atoms with Crippen molar-refractivity contribution in [3.63, 3.8) is 0 Å². The molecule has 144 valence electrons. The highest BCUT2D eigenvalue weighted by atomic mass is 32.1. The highest BCUT2D eigenvalue weighted by Gasteiger charge is 2.25. The number of allylic oxidation sites excluding steroid dienone is 3. The van der Waals surface area contributed by atoms with Crippen LogP contribution in [0.2, 0.25) is 0 Å². The van der Waals surface area contributed by atoms with Crippen LogP contribution >= 0.6 is 11.3 Å². The molecule has 0 aliphatic carbocycles. The van der Waals surface area contributed by atoms with Crippen LogP contribution in [0.25, 0.3) is 15.8 Å². The summed E-state index contributed by atoms with van der Waals surface area (Å²) in [4.78, 5) is 25.7. The number of rotatable bonds is 8. The van der Waals surface area contributed by atoms with E-state index >= 15 is 0 Å². The third kappa shape index (κ3) is 3.14. The van der Waals surface area contributed by atoms with Crippen molar-refractivity contribution < 1.29 is 9.53 Å². The second-order valence-corrected chi connectivity index (χ2v) is 7.24. The van der Waals surface area contributed by atoms with Crippen LogP contribution in [-0.4, -0.2) is 27.2 Å². The number of hydrogen-bond acceptors (Lipinski definition) is 5. The summed E-state index contributed by atoms with van der Waals surface area (Å²) >= 11 is 1.14. The molecule has 0 unspecified atom stereocenters. The van der Waals surface area contributed by atoms with Crippen LogP contribution in [0.1, 0.15) is 28.4 Å². The minimum atomic E-state index is -0.240. The molecule has 0 fully saturated rings. The van der Waals surface area contributed by atoms with Crippen LogP contribution < -0.4 is 9.61 Å². The number of fused-ring (bicyclic) bond motifs is 1. The van der Waals surface area contributed by atoms with Gasteiger partial charge in [-0.1, -0.05) is 30.1 Å². The van der Waals surface area contributed by atoms with Gasteiger partial charge in [-0.05, 0) is 24.6 Å². The van der Waals surface area contributed by atoms with Crippen LogP contribution in [0.4, 0.5) is 0 Å². The molecular weight excluding hydrogens is 374 g/mol. The Balaban J connectivity index is 2.27. The Morgan fingerprint density at radius 2 is 1.96 bits per heavy atom. The highest BCUT2D eigenvalue weighted by Crippen LogP contribution is 2.32. The molecule has 0 atom stereocenters. The van der Waals surface area contributed by atoms with E-state index in [0.29, 0.717) is 46.7 Å². The zero-order chi connectivity index (χ0) is 20.4. The normalized spacial score (nSPS) is 10.8. The van der Waals surface area contributed by atoms with Gasteiger partial charge in [0.05, 0.1) is 30.1 Å². The van der Waals surface area contributed by atoms with E-state index < -0.39 is 0 Å². The van der Waals surface area contributed by atoms with E-state index in [1.165, 1.54) is 13.3 Å². The molecule has 0 bridgehead atoms. The van der Waals surface area contributed by atoms with E-state index in [9.17, 15) is 9.59 Å². The Morgan fingerprint density at radius 1 is 1.25 bits per heavy atom. The van der Waals surface area contributed by atoms with Crippen molar-refractivity contribution in [2.75, 3.05) is 7.11 Å². The first-order chi connectivity index (χ1) is 13.4. The number of carbonyl (C=O) groups excluding carboxylic acids is 1. The first-order valence-electron chi connectivity index (χ1n) is 8.63. The van der Waals surface area contributed by atoms with E-state index in [1.54, 1.807) is 33.5 Å². The predicted molar refractivity (Wildman–Crippen MR) is 113 cm³/mol. The molecular formula is C21H21N3O3S. The van der Waals surface area contributed by atoms with Crippen molar-refractivity contribution >= 4 is 32.9 Å². The van der Waals surface area contributed by atoms with Gasteiger partial charge in [-0.2, -0.15) is 5.10 Å². The van der Waals surface area contributed by atoms with Crippen molar-refractivity contribution in [2.45, 2.75) is 20.0 Å². The Kier molecular flexibility index (Phi) is 5.46. The number of thiazole rings is 1. The van der Waals surface area contributed by atoms with Gasteiger partial charge in [-0.3, -0.25) is 14.2 Å². The van der Waals surface area contributed by atoms with Gasteiger partial charge in [0.15, 0.2) is 0 Å². The van der Waals surface area contributed by atoms with E-state index in [4.69, 9.17) is 4.74 Å². The standard InChI is InChI=1S/C21H21N3O3S/c1-6-10-23-18-16(28-21(23)26)9-8-14(17(18)13(3)4)19(25)15-12-22-24(11-7-2)20(15)27-5/h6-9,12H,1-3,10-11H2,4-5H3. The second kappa shape index (κ2) is 7.82. The minimum Gasteiger partial charge on any atom is -0.481 e. The predicted octanol–water partition coefficient (Wildman–Crippen LogP) is 3.90. The van der Waals surface area contributed by atoms with E-state index in [1.807, 2.05) is 6.92 Å². The first kappa shape index (κ1) is 19.6. The van der Waals surface area contributed by atoms with Crippen LogP contribution in [0.15, 0.2) is 55.0 Å². The van der Waals surface area contributed by atoms with E-state index in [2.05, 4.69) is 24.8 Å². The van der Waals surface area contributed by atoms with Crippen molar-refractivity contribution in [3.05, 3.63) is 76.6 Å². The van der Waals surface area contributed by atoms with Gasteiger partial charge < -0.3 is 4.74 Å². The number of hydrogen-bond donors (Lipinski definition) is 0. The van der Waals surface area contributed by atoms with E-state index in [-0.39, 0.29) is 10.7 Å². The van der Waals surface area contributed by atoms with Crippen molar-refractivity contribution in [1.29, 1.82) is 0 Å². The lowest BCUT2D eigenvalue weighted by Gasteiger charge is -2.13. The molecule has 0 saturated carbocycles. The summed E-state index contributed by atoms with van der Waals surface area (Å²) in [6, 6.07) is 3.52. The fourth-order valence-electron chi connectivity index (χ4n) is 3.22. The number of methoxy groups -OCH3 is 1. The molecule has 28 heavy (non-hydrogen) atoms. The van der Waals surface area contributed by atoms with Crippen molar-refractivity contribution in [3.8, 4) is 5.88 Å². The molecule has 0 aliphatic heterocycles. The SMILES string of the molecule is C=CCn1ncc(C(=O)c2ccc3sc(=O)n(CC=C)c3c2C(=C)C)c1OC. The lowest BCUT2D eigenvalue weighted by Crippen LogP contribution is -2.14. The first-order valence-corrected chi connectivity index (χ1v) is 9.44. The number of ketones is 1. The molecule has 3 aromatic rings. The van der Waals surface area contributed by atoms with Gasteiger partial charge in [0, 0.05) is 17.7 Å². The molecule has 0 N–H and O–H groups in total. The Labute approximate surface area is 166 Å². The molecule has 0 saturated heterocycles. The maximum atomic E-state index is 13.4. The Bertz CT molecular complexity index is 1160. The van der Waals surface area contributed by atoms with Crippen molar-refractivity contribution in [1.82, 2.24) is 14.3 Å². The molecule has 2 aromatic heterocycles. The zero-order valence-corrected chi connectivity index (χ0v) is 16.7. The van der Waals surface area contributed by atoms with Crippen LogP contribution in [0, 0.1) is 0 Å². The molecule has 1 aromatic carbocycles. The van der Waals surface area contributed by atoms with Crippen molar-refractivity contribution in [2.24, 2.45) is 0 Å². The Morgan fingerprint density at radius 3 is 2.57 bits per heavy atom. The topological polar surface area (TPSA) is 66.1 Å². The summed E-state index contributed by atoms with van der Waals surface area (Å²) in [7, 11) is 1.50. The summed E-state index contributed by atoms with van der Waals surface area (Å²) in [5.41, 5.74) is 2.85. The maximum Gasteiger partial charge on any atom is 0.308 e.